The van der Waals surface area contributed by atoms with E-state index in [0.717, 1.165) is 5.56 Å². The van der Waals surface area contributed by atoms with E-state index in [4.69, 9.17) is 11.5 Å². The van der Waals surface area contributed by atoms with Crippen molar-refractivity contribution in [3.63, 3.8) is 0 Å². The Kier molecular flexibility index (Phi) is 10.1. The number of guanidine groups is 1. The number of halogens is 1. The highest BCUT2D eigenvalue weighted by atomic mass is 35.5. The molecule has 2 rings (SSSR count). The second-order valence-electron chi connectivity index (χ2n) is 6.16. The van der Waals surface area contributed by atoms with Crippen molar-refractivity contribution in [2.45, 2.75) is 25.4 Å². The first-order valence-corrected chi connectivity index (χ1v) is 8.83. The number of aliphatic imine (C=N–C) groups is 1. The van der Waals surface area contributed by atoms with Crippen molar-refractivity contribution in [1.29, 1.82) is 0 Å². The molecule has 0 saturated carbocycles. The number of anilines is 1. The van der Waals surface area contributed by atoms with E-state index in [1.165, 1.54) is 24.3 Å². The second-order valence-corrected chi connectivity index (χ2v) is 6.16. The summed E-state index contributed by atoms with van der Waals surface area (Å²) in [4.78, 5) is 26.9. The summed E-state index contributed by atoms with van der Waals surface area (Å²) in [5.41, 5.74) is 12.2. The lowest BCUT2D eigenvalue weighted by molar-refractivity contribution is -0.384. The lowest BCUT2D eigenvalue weighted by atomic mass is 10.1. The van der Waals surface area contributed by atoms with Gasteiger partial charge in [0.1, 0.15) is 0 Å². The molecule has 6 N–H and O–H groups in total. The van der Waals surface area contributed by atoms with Crippen LogP contribution in [0.3, 0.4) is 0 Å². The molecule has 0 saturated heterocycles. The molecule has 29 heavy (non-hydrogen) atoms. The summed E-state index contributed by atoms with van der Waals surface area (Å²) in [6.45, 7) is 0.956. The van der Waals surface area contributed by atoms with Crippen LogP contribution in [0, 0.1) is 10.1 Å². The molecule has 0 aliphatic rings. The van der Waals surface area contributed by atoms with Crippen LogP contribution in [-0.4, -0.2) is 29.4 Å². The van der Waals surface area contributed by atoms with Crippen LogP contribution in [0.5, 0.6) is 0 Å². The van der Waals surface area contributed by atoms with Gasteiger partial charge in [0.05, 0.1) is 11.0 Å². The number of nitrogens with one attached hydrogen (secondary N) is 2. The van der Waals surface area contributed by atoms with Crippen molar-refractivity contribution in [2.75, 3.05) is 11.9 Å². The predicted molar refractivity (Wildman–Crippen MR) is 116 cm³/mol. The third kappa shape index (κ3) is 8.58. The number of nitrogens with two attached hydrogens (primary N) is 2. The number of carbonyl (C=O) groups is 1. The molecule has 0 fully saturated rings. The summed E-state index contributed by atoms with van der Waals surface area (Å²) < 4.78 is 0. The standard InChI is InChI=1S/C19H24N6O3.ClH/c20-19(21)22-12-4-7-17(23-13-14-5-2-1-3-6-14)18(26)24-15-8-10-16(11-9-15)25(27)28;/h1-3,5-6,8-11,17,23H,4,7,12-13H2,(H,24,26)(H4,20,21,22);1H/t17-;/m0./s1. The summed E-state index contributed by atoms with van der Waals surface area (Å²) in [5, 5.41) is 16.8. The van der Waals surface area contributed by atoms with Crippen LogP contribution in [0.4, 0.5) is 11.4 Å². The zero-order chi connectivity index (χ0) is 20.4. The number of hydrogen-bond donors (Lipinski definition) is 4. The SMILES string of the molecule is Cl.NC(N)=NCCC[C@H](NCc1ccccc1)C(=O)Nc1ccc([N+](=O)[O-])cc1. The van der Waals surface area contributed by atoms with E-state index in [0.29, 0.717) is 31.6 Å². The second kappa shape index (κ2) is 12.3. The number of non-ortho nitro benzene ring substituents is 1. The van der Waals surface area contributed by atoms with E-state index in [1.807, 2.05) is 30.3 Å². The molecule has 156 valence electrons. The lowest BCUT2D eigenvalue weighted by Gasteiger charge is -2.18. The number of carbonyl (C=O) groups excluding carboxylic acids is 1. The highest BCUT2D eigenvalue weighted by molar-refractivity contribution is 5.94. The van der Waals surface area contributed by atoms with Gasteiger partial charge in [-0.2, -0.15) is 0 Å². The Morgan fingerprint density at radius 2 is 1.76 bits per heavy atom. The molecule has 1 atom stereocenters. The first kappa shape index (κ1) is 23.9. The number of amides is 1. The maximum Gasteiger partial charge on any atom is 0.269 e. The van der Waals surface area contributed by atoms with Crippen molar-refractivity contribution < 1.29 is 9.72 Å². The Morgan fingerprint density at radius 1 is 1.10 bits per heavy atom. The highest BCUT2D eigenvalue weighted by Crippen LogP contribution is 2.16. The van der Waals surface area contributed by atoms with E-state index in [1.54, 1.807) is 0 Å². The average Bonchev–Trinajstić information content (AvgIpc) is 2.68. The van der Waals surface area contributed by atoms with Gasteiger partial charge < -0.3 is 22.1 Å². The minimum atomic E-state index is -0.487. The Balaban J connectivity index is 0.00000420. The minimum Gasteiger partial charge on any atom is -0.370 e. The normalized spacial score (nSPS) is 11.0. The minimum absolute atomic E-state index is 0. The fourth-order valence-electron chi connectivity index (χ4n) is 2.56. The van der Waals surface area contributed by atoms with E-state index >= 15 is 0 Å². The van der Waals surface area contributed by atoms with Crippen LogP contribution < -0.4 is 22.1 Å². The summed E-state index contributed by atoms with van der Waals surface area (Å²) in [5.74, 6) is -0.210. The van der Waals surface area contributed by atoms with Gasteiger partial charge in [0.2, 0.25) is 5.91 Å². The van der Waals surface area contributed by atoms with Gasteiger partial charge in [-0.1, -0.05) is 30.3 Å². The quantitative estimate of drug-likeness (QED) is 0.152. The number of nitro groups is 1. The van der Waals surface area contributed by atoms with Crippen LogP contribution in [-0.2, 0) is 11.3 Å². The van der Waals surface area contributed by atoms with E-state index in [9.17, 15) is 14.9 Å². The van der Waals surface area contributed by atoms with Crippen molar-refractivity contribution in [2.24, 2.45) is 16.5 Å². The molecule has 0 bridgehead atoms. The van der Waals surface area contributed by atoms with Gasteiger partial charge in [-0.3, -0.25) is 19.9 Å². The zero-order valence-corrected chi connectivity index (χ0v) is 16.6. The highest BCUT2D eigenvalue weighted by Gasteiger charge is 2.18. The topological polar surface area (TPSA) is 149 Å². The first-order chi connectivity index (χ1) is 13.5. The summed E-state index contributed by atoms with van der Waals surface area (Å²) in [7, 11) is 0. The predicted octanol–water partition coefficient (Wildman–Crippen LogP) is 2.17. The van der Waals surface area contributed by atoms with Gasteiger partial charge in [0.25, 0.3) is 5.69 Å². The molecule has 0 heterocycles. The number of benzene rings is 2. The van der Waals surface area contributed by atoms with Gasteiger partial charge in [-0.05, 0) is 30.5 Å². The lowest BCUT2D eigenvalue weighted by Crippen LogP contribution is -2.40. The molecule has 10 heteroatoms. The fraction of sp³-hybridized carbons (Fsp3) is 0.263. The number of nitro benzene ring substituents is 1. The average molecular weight is 421 g/mol. The molecule has 0 aliphatic heterocycles. The third-order valence-electron chi connectivity index (χ3n) is 4.00. The van der Waals surface area contributed by atoms with Crippen LogP contribution in [0.25, 0.3) is 0 Å². The van der Waals surface area contributed by atoms with Gasteiger partial charge in [0, 0.05) is 30.9 Å². The largest absolute Gasteiger partial charge is 0.370 e. The monoisotopic (exact) mass is 420 g/mol. The maximum atomic E-state index is 12.7. The van der Waals surface area contributed by atoms with Crippen molar-refractivity contribution >= 4 is 35.6 Å². The summed E-state index contributed by atoms with van der Waals surface area (Å²) in [6, 6.07) is 15.0. The molecule has 2 aromatic carbocycles. The fourth-order valence-corrected chi connectivity index (χ4v) is 2.56. The molecule has 0 unspecified atom stereocenters. The van der Waals surface area contributed by atoms with E-state index in [2.05, 4.69) is 15.6 Å². The molecule has 2 aromatic rings. The van der Waals surface area contributed by atoms with E-state index < -0.39 is 11.0 Å². The van der Waals surface area contributed by atoms with Gasteiger partial charge in [0.15, 0.2) is 5.96 Å². The van der Waals surface area contributed by atoms with Crippen LogP contribution in [0.1, 0.15) is 18.4 Å². The van der Waals surface area contributed by atoms with Crippen LogP contribution >= 0.6 is 12.4 Å². The smallest absolute Gasteiger partial charge is 0.269 e. The zero-order valence-electron chi connectivity index (χ0n) is 15.8. The molecular formula is C19H25ClN6O3. The van der Waals surface area contributed by atoms with Gasteiger partial charge in [-0.25, -0.2) is 0 Å². The Labute approximate surface area is 175 Å². The third-order valence-corrected chi connectivity index (χ3v) is 4.00. The first-order valence-electron chi connectivity index (χ1n) is 8.83. The molecule has 0 aromatic heterocycles. The molecule has 9 nitrogen and oxygen atoms in total. The van der Waals surface area contributed by atoms with Crippen molar-refractivity contribution in [3.8, 4) is 0 Å². The van der Waals surface area contributed by atoms with Gasteiger partial charge >= 0.3 is 0 Å². The molecule has 0 radical (unpaired) electrons. The Bertz CT molecular complexity index is 810. The molecule has 0 aliphatic carbocycles. The van der Waals surface area contributed by atoms with Gasteiger partial charge in [-0.15, -0.1) is 12.4 Å². The summed E-state index contributed by atoms with van der Waals surface area (Å²) >= 11 is 0. The van der Waals surface area contributed by atoms with Crippen LogP contribution in [0.15, 0.2) is 59.6 Å². The Hall–Kier alpha value is -3.17. The van der Waals surface area contributed by atoms with Crippen molar-refractivity contribution in [3.05, 3.63) is 70.3 Å². The number of nitrogens with zero attached hydrogens (tertiary/aromatic N) is 2. The number of rotatable bonds is 10. The number of hydrogen-bond acceptors (Lipinski definition) is 5. The molecule has 1 amide bonds. The molecule has 0 spiro atoms. The summed E-state index contributed by atoms with van der Waals surface area (Å²) in [6.07, 6.45) is 1.15. The van der Waals surface area contributed by atoms with E-state index in [-0.39, 0.29) is 30.0 Å². The molecular weight excluding hydrogens is 396 g/mol. The Morgan fingerprint density at radius 3 is 2.34 bits per heavy atom. The van der Waals surface area contributed by atoms with Crippen molar-refractivity contribution in [1.82, 2.24) is 5.32 Å². The van der Waals surface area contributed by atoms with Crippen LogP contribution in [0.2, 0.25) is 0 Å². The maximum absolute atomic E-state index is 12.7.